The molecule has 118 valence electrons. The number of carbonyl (C=O) groups excluding carboxylic acids is 1. The van der Waals surface area contributed by atoms with Crippen LogP contribution in [0.5, 0.6) is 0 Å². The van der Waals surface area contributed by atoms with Gasteiger partial charge in [-0.25, -0.2) is 4.79 Å². The lowest BCUT2D eigenvalue weighted by Crippen LogP contribution is -2.10. The smallest absolute Gasteiger partial charge is 0.350 e. The van der Waals surface area contributed by atoms with Gasteiger partial charge in [0.05, 0.1) is 17.8 Å². The molecular weight excluding hydrogens is 316 g/mol. The van der Waals surface area contributed by atoms with E-state index in [-0.39, 0.29) is 11.4 Å². The van der Waals surface area contributed by atoms with E-state index in [1.54, 1.807) is 11.3 Å². The van der Waals surface area contributed by atoms with Crippen molar-refractivity contribution < 1.29 is 9.53 Å². The maximum absolute atomic E-state index is 12.0. The summed E-state index contributed by atoms with van der Waals surface area (Å²) in [6, 6.07) is 5.91. The molecule has 0 saturated heterocycles. The molecule has 2 N–H and O–H groups in total. The van der Waals surface area contributed by atoms with Crippen molar-refractivity contribution in [3.05, 3.63) is 45.7 Å². The molecule has 0 unspecified atom stereocenters. The van der Waals surface area contributed by atoms with Crippen molar-refractivity contribution in [1.82, 2.24) is 0 Å². The standard InChI is InChI=1S/C16H20N2O2S2/c1-10(18-13-7-6-8-21-13)17-11-9-12(16(2,3)4)22-14(11)15(19)20-5/h6-9,17-18H,1H2,2-5H3. The fourth-order valence-corrected chi connectivity index (χ4v) is 3.52. The SMILES string of the molecule is C=C(Nc1cccs1)Nc1cc(C(C)(C)C)sc1C(=O)OC. The Labute approximate surface area is 138 Å². The van der Waals surface area contributed by atoms with Gasteiger partial charge in [-0.05, 0) is 29.0 Å². The minimum atomic E-state index is -0.341. The van der Waals surface area contributed by atoms with E-state index in [1.165, 1.54) is 18.4 Å². The largest absolute Gasteiger partial charge is 0.465 e. The normalized spacial score (nSPS) is 11.1. The number of esters is 1. The summed E-state index contributed by atoms with van der Waals surface area (Å²) in [5.74, 6) is 0.276. The van der Waals surface area contributed by atoms with Crippen molar-refractivity contribution >= 4 is 39.3 Å². The van der Waals surface area contributed by atoms with Gasteiger partial charge in [0.2, 0.25) is 0 Å². The van der Waals surface area contributed by atoms with E-state index in [9.17, 15) is 4.79 Å². The summed E-state index contributed by atoms with van der Waals surface area (Å²) < 4.78 is 4.87. The lowest BCUT2D eigenvalue weighted by atomic mass is 9.94. The number of hydrogen-bond donors (Lipinski definition) is 2. The van der Waals surface area contributed by atoms with E-state index < -0.39 is 0 Å². The molecule has 2 aromatic heterocycles. The molecule has 0 fully saturated rings. The fraction of sp³-hybridized carbons (Fsp3) is 0.312. The van der Waals surface area contributed by atoms with Crippen LogP contribution in [0.15, 0.2) is 36.0 Å². The molecule has 0 aliphatic rings. The van der Waals surface area contributed by atoms with Crippen LogP contribution in [0.25, 0.3) is 0 Å². The van der Waals surface area contributed by atoms with Crippen LogP contribution in [-0.2, 0) is 10.2 Å². The average Bonchev–Trinajstić information content (AvgIpc) is 3.06. The van der Waals surface area contributed by atoms with E-state index >= 15 is 0 Å². The predicted molar refractivity (Wildman–Crippen MR) is 95.1 cm³/mol. The molecule has 22 heavy (non-hydrogen) atoms. The molecule has 0 aliphatic carbocycles. The Hall–Kier alpha value is -1.79. The molecular formula is C16H20N2O2S2. The molecule has 2 rings (SSSR count). The number of carbonyl (C=O) groups is 1. The Bertz CT molecular complexity index is 667. The molecule has 0 radical (unpaired) electrons. The highest BCUT2D eigenvalue weighted by molar-refractivity contribution is 7.15. The third-order valence-electron chi connectivity index (χ3n) is 2.92. The summed E-state index contributed by atoms with van der Waals surface area (Å²) in [5, 5.41) is 9.31. The number of nitrogens with one attached hydrogen (secondary N) is 2. The summed E-state index contributed by atoms with van der Waals surface area (Å²) >= 11 is 3.03. The van der Waals surface area contributed by atoms with Crippen LogP contribution in [-0.4, -0.2) is 13.1 Å². The van der Waals surface area contributed by atoms with Crippen molar-refractivity contribution in [2.24, 2.45) is 0 Å². The van der Waals surface area contributed by atoms with E-state index in [0.29, 0.717) is 10.7 Å². The molecule has 0 aromatic carbocycles. The lowest BCUT2D eigenvalue weighted by molar-refractivity contribution is 0.0607. The summed E-state index contributed by atoms with van der Waals surface area (Å²) in [4.78, 5) is 13.6. The highest BCUT2D eigenvalue weighted by Crippen LogP contribution is 2.36. The van der Waals surface area contributed by atoms with Gasteiger partial charge in [-0.3, -0.25) is 0 Å². The minimum Gasteiger partial charge on any atom is -0.465 e. The zero-order chi connectivity index (χ0) is 16.3. The molecule has 0 amide bonds. The Morgan fingerprint density at radius 3 is 2.59 bits per heavy atom. The predicted octanol–water partition coefficient (Wildman–Crippen LogP) is 4.89. The molecule has 2 aromatic rings. The van der Waals surface area contributed by atoms with Crippen LogP contribution in [0.1, 0.15) is 35.3 Å². The number of ether oxygens (including phenoxy) is 1. The van der Waals surface area contributed by atoms with Crippen molar-refractivity contribution in [3.8, 4) is 0 Å². The highest BCUT2D eigenvalue weighted by Gasteiger charge is 2.23. The number of methoxy groups -OCH3 is 1. The van der Waals surface area contributed by atoms with Gasteiger partial charge in [0, 0.05) is 4.88 Å². The van der Waals surface area contributed by atoms with Gasteiger partial charge >= 0.3 is 5.97 Å². The van der Waals surface area contributed by atoms with Gasteiger partial charge in [0.25, 0.3) is 0 Å². The summed E-state index contributed by atoms with van der Waals surface area (Å²) in [7, 11) is 1.39. The number of hydrogen-bond acceptors (Lipinski definition) is 6. The molecule has 4 nitrogen and oxygen atoms in total. The van der Waals surface area contributed by atoms with Gasteiger partial charge in [-0.1, -0.05) is 27.4 Å². The van der Waals surface area contributed by atoms with Crippen molar-refractivity contribution in [1.29, 1.82) is 0 Å². The van der Waals surface area contributed by atoms with Crippen molar-refractivity contribution in [2.75, 3.05) is 17.7 Å². The zero-order valence-electron chi connectivity index (χ0n) is 13.1. The zero-order valence-corrected chi connectivity index (χ0v) is 14.8. The van der Waals surface area contributed by atoms with Gasteiger partial charge in [0.1, 0.15) is 10.7 Å². The first kappa shape index (κ1) is 16.6. The molecule has 0 atom stereocenters. The van der Waals surface area contributed by atoms with Crippen LogP contribution in [0.3, 0.4) is 0 Å². The molecule has 0 saturated carbocycles. The summed E-state index contributed by atoms with van der Waals surface area (Å²) in [6.45, 7) is 10.3. The molecule has 0 spiro atoms. The molecule has 2 heterocycles. The van der Waals surface area contributed by atoms with Gasteiger partial charge < -0.3 is 15.4 Å². The highest BCUT2D eigenvalue weighted by atomic mass is 32.1. The Balaban J connectivity index is 2.23. The topological polar surface area (TPSA) is 50.4 Å². The Kier molecular flexibility index (Phi) is 4.93. The van der Waals surface area contributed by atoms with E-state index in [0.717, 1.165) is 15.6 Å². The number of anilines is 2. The van der Waals surface area contributed by atoms with Crippen LogP contribution in [0, 0.1) is 0 Å². The van der Waals surface area contributed by atoms with Gasteiger partial charge in [-0.15, -0.1) is 22.7 Å². The Morgan fingerprint density at radius 1 is 1.32 bits per heavy atom. The third-order valence-corrected chi connectivity index (χ3v) is 5.25. The van der Waals surface area contributed by atoms with Crippen LogP contribution in [0.4, 0.5) is 10.7 Å². The van der Waals surface area contributed by atoms with E-state index in [2.05, 4.69) is 38.0 Å². The average molecular weight is 336 g/mol. The van der Waals surface area contributed by atoms with E-state index in [1.807, 2.05) is 23.6 Å². The minimum absolute atomic E-state index is 0.0319. The number of thiophene rings is 2. The first-order valence-electron chi connectivity index (χ1n) is 6.80. The molecule has 6 heteroatoms. The van der Waals surface area contributed by atoms with Crippen LogP contribution >= 0.6 is 22.7 Å². The Morgan fingerprint density at radius 2 is 2.05 bits per heavy atom. The molecule has 0 aliphatic heterocycles. The second kappa shape index (κ2) is 6.54. The fourth-order valence-electron chi connectivity index (χ4n) is 1.79. The van der Waals surface area contributed by atoms with E-state index in [4.69, 9.17) is 4.74 Å². The lowest BCUT2D eigenvalue weighted by Gasteiger charge is -2.15. The van der Waals surface area contributed by atoms with Gasteiger partial charge in [0.15, 0.2) is 0 Å². The quantitative estimate of drug-likeness (QED) is 0.763. The molecule has 0 bridgehead atoms. The second-order valence-corrected chi connectivity index (χ2v) is 7.80. The van der Waals surface area contributed by atoms with Gasteiger partial charge in [-0.2, -0.15) is 0 Å². The first-order chi connectivity index (χ1) is 10.3. The van der Waals surface area contributed by atoms with Crippen molar-refractivity contribution in [3.63, 3.8) is 0 Å². The second-order valence-electron chi connectivity index (χ2n) is 5.80. The summed E-state index contributed by atoms with van der Waals surface area (Å²) in [5.41, 5.74) is 0.686. The number of rotatable bonds is 5. The van der Waals surface area contributed by atoms with Crippen LogP contribution < -0.4 is 10.6 Å². The van der Waals surface area contributed by atoms with Crippen molar-refractivity contribution in [2.45, 2.75) is 26.2 Å². The summed E-state index contributed by atoms with van der Waals surface area (Å²) in [6.07, 6.45) is 0. The third kappa shape index (κ3) is 3.90. The van der Waals surface area contributed by atoms with Crippen LogP contribution in [0.2, 0.25) is 0 Å². The first-order valence-corrected chi connectivity index (χ1v) is 8.50. The maximum Gasteiger partial charge on any atom is 0.350 e. The maximum atomic E-state index is 12.0. The monoisotopic (exact) mass is 336 g/mol.